The molecule has 392 valence electrons. The van der Waals surface area contributed by atoms with Gasteiger partial charge < -0.3 is 51.7 Å². The van der Waals surface area contributed by atoms with Crippen LogP contribution >= 0.6 is 0 Å². The number of nitrogens with one attached hydrogen (secondary N) is 4. The van der Waals surface area contributed by atoms with E-state index in [9.17, 15) is 28.8 Å². The number of nitrogens with two attached hydrogens (primary N) is 2. The number of piperazine rings is 1. The molecule has 1 fully saturated rings. The van der Waals surface area contributed by atoms with Gasteiger partial charge in [0, 0.05) is 88.3 Å². The maximum Gasteiger partial charge on any atom is 0.410 e. The molecule has 0 bridgehead atoms. The first kappa shape index (κ1) is 53.9. The summed E-state index contributed by atoms with van der Waals surface area (Å²) in [5, 5.41) is 11.9. The van der Waals surface area contributed by atoms with E-state index in [1.165, 1.54) is 0 Å². The first-order valence-electron chi connectivity index (χ1n) is 25.3. The van der Waals surface area contributed by atoms with Crippen molar-refractivity contribution in [3.8, 4) is 5.75 Å². The number of carbonyl (C=O) groups excluding carboxylic acids is 6. The van der Waals surface area contributed by atoms with Gasteiger partial charge in [-0.25, -0.2) is 9.78 Å². The number of amides is 6. The third-order valence-corrected chi connectivity index (χ3v) is 13.0. The van der Waals surface area contributed by atoms with Crippen molar-refractivity contribution in [2.75, 3.05) is 69.3 Å². The van der Waals surface area contributed by atoms with Crippen molar-refractivity contribution < 1.29 is 38.2 Å². The lowest BCUT2D eigenvalue weighted by Crippen LogP contribution is -2.53. The zero-order chi connectivity index (χ0) is 52.4. The summed E-state index contributed by atoms with van der Waals surface area (Å²) in [5.74, 6) is -0.854. The smallest absolute Gasteiger partial charge is 0.410 e. The Kier molecular flexibility index (Phi) is 19.5. The number of fused-ring (bicyclic) bond motifs is 1. The van der Waals surface area contributed by atoms with Gasteiger partial charge >= 0.3 is 6.09 Å². The molecule has 2 aliphatic heterocycles. The number of aromatic nitrogens is 3. The standard InChI is InChI=1S/C54H68N12O8/c1-3-4-10-25-57-50-49-42(61-53(56)62-50)22-26-65(49)35-40-17-14-39(33-45(40)73-2)34-63-28-30-64(31-29-63)54(72)74-36-38-15-18-41(19-16-38)58-51(70)43(13-8-9-24-55)60-52(71)44(32-37-11-6-5-7-12-37)59-46(67)23-27-66-47(68)20-21-48(66)69/h5-7,11-12,14-22,26,33,43-44H,3-4,8-10,13,23-25,27-32,34-36,55H2,1-2H3,(H,58,70)(H,59,67)(H,60,71)(H3,56,57,61,62)/t43-,44+/m1/s1. The van der Waals surface area contributed by atoms with Crippen molar-refractivity contribution in [3.05, 3.63) is 119 Å². The molecule has 0 unspecified atom stereocenters. The zero-order valence-electron chi connectivity index (χ0n) is 42.2. The minimum absolute atomic E-state index is 0.0317. The van der Waals surface area contributed by atoms with Crippen LogP contribution in [0.1, 0.15) is 74.1 Å². The number of methoxy groups -OCH3 is 1. The van der Waals surface area contributed by atoms with Crippen molar-refractivity contribution in [3.63, 3.8) is 0 Å². The molecule has 5 aromatic rings. The highest BCUT2D eigenvalue weighted by atomic mass is 16.6. The highest BCUT2D eigenvalue weighted by Gasteiger charge is 2.29. The Morgan fingerprint density at radius 1 is 0.784 bits per heavy atom. The zero-order valence-corrected chi connectivity index (χ0v) is 42.2. The third-order valence-electron chi connectivity index (χ3n) is 13.0. The summed E-state index contributed by atoms with van der Waals surface area (Å²) >= 11 is 0. The number of carbonyl (C=O) groups is 6. The molecule has 7 rings (SSSR count). The number of ether oxygens (including phenoxy) is 2. The van der Waals surface area contributed by atoms with E-state index < -0.39 is 47.7 Å². The van der Waals surface area contributed by atoms with Crippen molar-refractivity contribution in [2.24, 2.45) is 5.73 Å². The van der Waals surface area contributed by atoms with Crippen LogP contribution in [0.4, 0.5) is 22.2 Å². The molecule has 6 amide bonds. The van der Waals surface area contributed by atoms with E-state index in [1.807, 2.05) is 42.6 Å². The summed E-state index contributed by atoms with van der Waals surface area (Å²) in [5.41, 5.74) is 17.5. The number of hydrogen-bond acceptors (Lipinski definition) is 14. The summed E-state index contributed by atoms with van der Waals surface area (Å²) < 4.78 is 13.7. The molecular formula is C54H68N12O8. The number of anilines is 3. The van der Waals surface area contributed by atoms with Crippen LogP contribution in [0.3, 0.4) is 0 Å². The van der Waals surface area contributed by atoms with Crippen molar-refractivity contribution in [1.29, 1.82) is 0 Å². The van der Waals surface area contributed by atoms with Crippen LogP contribution in [0.25, 0.3) is 11.0 Å². The largest absolute Gasteiger partial charge is 0.496 e. The van der Waals surface area contributed by atoms with Crippen LogP contribution < -0.4 is 37.5 Å². The summed E-state index contributed by atoms with van der Waals surface area (Å²) in [6, 6.07) is 22.2. The number of nitrogens with zero attached hydrogens (tertiary/aromatic N) is 6. The summed E-state index contributed by atoms with van der Waals surface area (Å²) in [4.78, 5) is 91.8. The van der Waals surface area contributed by atoms with Gasteiger partial charge in [0.05, 0.1) is 19.2 Å². The molecule has 0 radical (unpaired) electrons. The van der Waals surface area contributed by atoms with E-state index in [-0.39, 0.29) is 38.4 Å². The van der Waals surface area contributed by atoms with E-state index in [4.69, 9.17) is 20.9 Å². The minimum Gasteiger partial charge on any atom is -0.496 e. The van der Waals surface area contributed by atoms with Gasteiger partial charge in [-0.3, -0.25) is 33.8 Å². The summed E-state index contributed by atoms with van der Waals surface area (Å²) in [6.07, 6.45) is 8.55. The van der Waals surface area contributed by atoms with Gasteiger partial charge in [-0.2, -0.15) is 4.98 Å². The Balaban J connectivity index is 0.875. The molecule has 20 heteroatoms. The highest BCUT2D eigenvalue weighted by Crippen LogP contribution is 2.28. The molecule has 1 saturated heterocycles. The van der Waals surface area contributed by atoms with Gasteiger partial charge in [0.1, 0.15) is 30.0 Å². The van der Waals surface area contributed by atoms with Gasteiger partial charge in [-0.05, 0) is 73.2 Å². The van der Waals surface area contributed by atoms with Crippen LogP contribution in [0.15, 0.2) is 97.2 Å². The normalized spacial score (nSPS) is 14.5. The summed E-state index contributed by atoms with van der Waals surface area (Å²) in [7, 11) is 1.68. The molecule has 0 aliphatic carbocycles. The number of nitrogen functional groups attached to an aromatic ring is 1. The fourth-order valence-corrected chi connectivity index (χ4v) is 8.88. The molecule has 74 heavy (non-hydrogen) atoms. The second kappa shape index (κ2) is 26.7. The van der Waals surface area contributed by atoms with Gasteiger partial charge in [0.15, 0.2) is 5.82 Å². The van der Waals surface area contributed by atoms with Crippen LogP contribution in [-0.4, -0.2) is 130 Å². The second-order valence-electron chi connectivity index (χ2n) is 18.5. The molecule has 4 heterocycles. The van der Waals surface area contributed by atoms with E-state index in [0.717, 1.165) is 87.7 Å². The lowest BCUT2D eigenvalue weighted by Gasteiger charge is -2.34. The van der Waals surface area contributed by atoms with Gasteiger partial charge in [-0.15, -0.1) is 0 Å². The molecule has 2 atom stereocenters. The number of benzene rings is 3. The monoisotopic (exact) mass is 1010 g/mol. The molecule has 2 aromatic heterocycles. The predicted molar refractivity (Wildman–Crippen MR) is 282 cm³/mol. The Morgan fingerprint density at radius 2 is 1.53 bits per heavy atom. The fourth-order valence-electron chi connectivity index (χ4n) is 8.88. The topological polar surface area (TPSA) is 261 Å². The number of rotatable bonds is 26. The van der Waals surface area contributed by atoms with E-state index >= 15 is 0 Å². The molecule has 2 aliphatic rings. The van der Waals surface area contributed by atoms with Gasteiger partial charge in [0.2, 0.25) is 23.7 Å². The Labute approximate surface area is 431 Å². The number of hydrogen-bond donors (Lipinski definition) is 6. The Morgan fingerprint density at radius 3 is 2.24 bits per heavy atom. The molecule has 0 saturated carbocycles. The lowest BCUT2D eigenvalue weighted by molar-refractivity contribution is -0.137. The first-order chi connectivity index (χ1) is 35.9. The SMILES string of the molecule is CCCCCNc1nc(N)nc2ccn(Cc3ccc(CN4CCN(C(=O)OCc5ccc(NC(=O)[C@@H](CCCCN)NC(=O)[C@H](Cc6ccccc6)NC(=O)CCN6C(=O)C=CC6=O)cc5)CC4)cc3OC)c12. The van der Waals surface area contributed by atoms with Crippen LogP contribution in [0.5, 0.6) is 5.75 Å². The van der Waals surface area contributed by atoms with Crippen LogP contribution in [0, 0.1) is 0 Å². The predicted octanol–water partition coefficient (Wildman–Crippen LogP) is 4.72. The van der Waals surface area contributed by atoms with E-state index in [2.05, 4.69) is 65.8 Å². The fraction of sp³-hybridized carbons (Fsp3) is 0.407. The van der Waals surface area contributed by atoms with E-state index in [1.54, 1.807) is 36.3 Å². The van der Waals surface area contributed by atoms with E-state index in [0.29, 0.717) is 64.3 Å². The molecule has 20 nitrogen and oxygen atoms in total. The van der Waals surface area contributed by atoms with Crippen molar-refractivity contribution in [1.82, 2.24) is 39.9 Å². The second-order valence-corrected chi connectivity index (χ2v) is 18.5. The number of unbranched alkanes of at least 4 members (excludes halogenated alkanes) is 3. The van der Waals surface area contributed by atoms with Gasteiger partial charge in [0.25, 0.3) is 11.8 Å². The van der Waals surface area contributed by atoms with Crippen LogP contribution in [0.2, 0.25) is 0 Å². The maximum absolute atomic E-state index is 13.9. The lowest BCUT2D eigenvalue weighted by atomic mass is 10.0. The number of imide groups is 1. The van der Waals surface area contributed by atoms with Gasteiger partial charge in [-0.1, -0.05) is 74.4 Å². The summed E-state index contributed by atoms with van der Waals surface area (Å²) in [6.45, 7) is 6.85. The first-order valence-corrected chi connectivity index (χ1v) is 25.3. The molecule has 0 spiro atoms. The maximum atomic E-state index is 13.9. The van der Waals surface area contributed by atoms with Crippen LogP contribution in [-0.2, 0) is 54.8 Å². The van der Waals surface area contributed by atoms with Crippen molar-refractivity contribution >= 4 is 64.1 Å². The quantitative estimate of drug-likeness (QED) is 0.0324. The Hall–Kier alpha value is -7.84. The third kappa shape index (κ3) is 15.1. The Bertz CT molecular complexity index is 2740. The average Bonchev–Trinajstić information content (AvgIpc) is 3.96. The van der Waals surface area contributed by atoms with Crippen molar-refractivity contribution in [2.45, 2.75) is 90.1 Å². The average molecular weight is 1010 g/mol. The molecule has 8 N–H and O–H groups in total. The minimum atomic E-state index is -1.06. The molecule has 3 aromatic carbocycles. The molecular weight excluding hydrogens is 945 g/mol. The highest BCUT2D eigenvalue weighted by molar-refractivity contribution is 6.13.